The Morgan fingerprint density at radius 2 is 0.579 bits per heavy atom. The lowest BCUT2D eigenvalue weighted by atomic mass is 9.77. The molecule has 214 valence electrons. The largest absolute Gasteiger partial charge is 0.508 e. The Labute approximate surface area is 200 Å². The van der Waals surface area contributed by atoms with Gasteiger partial charge in [-0.25, -0.2) is 4.39 Å². The molecule has 0 atom stereocenters. The molecule has 0 fully saturated rings. The molecule has 2 aromatic rings. The molecule has 0 aromatic heterocycles. The second kappa shape index (κ2) is 8.72. The first-order valence-electron chi connectivity index (χ1n) is 9.36. The maximum absolute atomic E-state index is 15.9. The standard InChI is InChI=1S/C20H10F16O2/c21-13(9-1-5-11(37)6-2-9,10-3-7-12(38)8-4-10)14(22,23)15(24,25)16(26,27)17(28,29)18(30,31)19(32,33)20(34,35)36/h1-8,37-38H. The van der Waals surface area contributed by atoms with Crippen LogP contribution in [-0.2, 0) is 5.67 Å². The van der Waals surface area contributed by atoms with Gasteiger partial charge in [-0.1, -0.05) is 24.3 Å². The Morgan fingerprint density at radius 1 is 0.342 bits per heavy atom. The molecule has 0 saturated heterocycles. The van der Waals surface area contributed by atoms with Gasteiger partial charge in [-0.05, 0) is 24.3 Å². The SMILES string of the molecule is Oc1ccc(C(F)(c2ccc(O)cc2)C(F)(F)C(F)(F)C(F)(F)C(F)(F)C(F)(F)C(F)(F)C(F)(F)F)cc1. The van der Waals surface area contributed by atoms with Gasteiger partial charge in [0.25, 0.3) is 0 Å². The minimum atomic E-state index is -8.59. The third kappa shape index (κ3) is 3.97. The molecule has 0 heterocycles. The van der Waals surface area contributed by atoms with Crippen molar-refractivity contribution in [2.24, 2.45) is 0 Å². The minimum absolute atomic E-state index is 0.0227. The molecule has 18 heteroatoms. The third-order valence-corrected chi connectivity index (χ3v) is 5.29. The molecule has 0 saturated carbocycles. The predicted molar refractivity (Wildman–Crippen MR) is 93.8 cm³/mol. The van der Waals surface area contributed by atoms with Crippen molar-refractivity contribution in [3.05, 3.63) is 59.7 Å². The van der Waals surface area contributed by atoms with Crippen LogP contribution >= 0.6 is 0 Å². The number of alkyl halides is 16. The molecule has 0 aliphatic carbocycles. The lowest BCUT2D eigenvalue weighted by molar-refractivity contribution is -0.457. The van der Waals surface area contributed by atoms with Crippen molar-refractivity contribution in [2.75, 3.05) is 0 Å². The summed E-state index contributed by atoms with van der Waals surface area (Å²) in [6.45, 7) is 0. The van der Waals surface area contributed by atoms with Crippen LogP contribution in [0.2, 0.25) is 0 Å². The van der Waals surface area contributed by atoms with Crippen molar-refractivity contribution in [3.63, 3.8) is 0 Å². The van der Waals surface area contributed by atoms with E-state index in [9.17, 15) is 67.3 Å². The monoisotopic (exact) mass is 586 g/mol. The van der Waals surface area contributed by atoms with E-state index in [1.165, 1.54) is 0 Å². The number of benzene rings is 2. The van der Waals surface area contributed by atoms with E-state index in [-0.39, 0.29) is 24.3 Å². The van der Waals surface area contributed by atoms with Crippen LogP contribution in [0.4, 0.5) is 70.2 Å². The van der Waals surface area contributed by atoms with E-state index >= 15 is 13.2 Å². The first-order valence-corrected chi connectivity index (χ1v) is 9.36. The van der Waals surface area contributed by atoms with Crippen LogP contribution in [0.25, 0.3) is 0 Å². The number of hydrogen-bond donors (Lipinski definition) is 2. The van der Waals surface area contributed by atoms with E-state index in [0.717, 1.165) is 0 Å². The maximum atomic E-state index is 15.9. The van der Waals surface area contributed by atoms with Crippen molar-refractivity contribution in [3.8, 4) is 11.5 Å². The Balaban J connectivity index is 2.87. The summed E-state index contributed by atoms with van der Waals surface area (Å²) < 4.78 is 221. The topological polar surface area (TPSA) is 40.5 Å². The van der Waals surface area contributed by atoms with E-state index in [2.05, 4.69) is 0 Å². The summed E-state index contributed by atoms with van der Waals surface area (Å²) in [6, 6.07) is 1.27. The Bertz CT molecular complexity index is 1090. The summed E-state index contributed by atoms with van der Waals surface area (Å²) in [5.74, 6) is -51.0. The molecule has 0 aliphatic heterocycles. The highest BCUT2D eigenvalue weighted by Crippen LogP contribution is 2.65. The van der Waals surface area contributed by atoms with Crippen LogP contribution < -0.4 is 0 Å². The van der Waals surface area contributed by atoms with E-state index in [1.54, 1.807) is 0 Å². The molecule has 0 aliphatic rings. The molecule has 2 N–H and O–H groups in total. The van der Waals surface area contributed by atoms with Gasteiger partial charge in [-0.15, -0.1) is 0 Å². The molecule has 2 aromatic carbocycles. The maximum Gasteiger partial charge on any atom is 0.460 e. The summed E-state index contributed by atoms with van der Waals surface area (Å²) in [7, 11) is 0. The zero-order chi connectivity index (χ0) is 30.0. The average Bonchev–Trinajstić information content (AvgIpc) is 2.78. The van der Waals surface area contributed by atoms with Crippen molar-refractivity contribution in [1.82, 2.24) is 0 Å². The van der Waals surface area contributed by atoms with Crippen LogP contribution in [0, 0.1) is 0 Å². The molecular formula is C20H10F16O2. The van der Waals surface area contributed by atoms with Gasteiger partial charge in [-0.3, -0.25) is 0 Å². The number of aromatic hydroxyl groups is 2. The highest BCUT2D eigenvalue weighted by molar-refractivity contribution is 5.44. The lowest BCUT2D eigenvalue weighted by Gasteiger charge is -2.45. The Hall–Kier alpha value is -3.08. The second-order valence-electron chi connectivity index (χ2n) is 7.70. The zero-order valence-electron chi connectivity index (χ0n) is 17.6. The summed E-state index contributed by atoms with van der Waals surface area (Å²) in [5, 5.41) is 18.4. The summed E-state index contributed by atoms with van der Waals surface area (Å²) in [6.07, 6.45) is -7.77. The van der Waals surface area contributed by atoms with Crippen molar-refractivity contribution < 1.29 is 80.5 Å². The Morgan fingerprint density at radius 3 is 0.842 bits per heavy atom. The average molecular weight is 586 g/mol. The first kappa shape index (κ1) is 31.1. The molecule has 0 spiro atoms. The smallest absolute Gasteiger partial charge is 0.460 e. The van der Waals surface area contributed by atoms with Gasteiger partial charge in [0.05, 0.1) is 0 Å². The van der Waals surface area contributed by atoms with Gasteiger partial charge >= 0.3 is 41.7 Å². The number of phenols is 2. The summed E-state index contributed by atoms with van der Waals surface area (Å²) in [4.78, 5) is 0. The highest BCUT2D eigenvalue weighted by Gasteiger charge is 2.95. The number of halogens is 16. The van der Waals surface area contributed by atoms with Gasteiger partial charge in [0.15, 0.2) is 0 Å². The fraction of sp³-hybridized carbons (Fsp3) is 0.400. The van der Waals surface area contributed by atoms with Crippen molar-refractivity contribution in [2.45, 2.75) is 47.4 Å². The molecule has 38 heavy (non-hydrogen) atoms. The van der Waals surface area contributed by atoms with Crippen LogP contribution in [0.1, 0.15) is 11.1 Å². The molecule has 0 amide bonds. The molecular weight excluding hydrogens is 576 g/mol. The third-order valence-electron chi connectivity index (χ3n) is 5.29. The normalized spacial score (nSPS) is 15.1. The Kier molecular flexibility index (Phi) is 7.15. The van der Waals surface area contributed by atoms with Gasteiger partial charge in [0, 0.05) is 11.1 Å². The summed E-state index contributed by atoms with van der Waals surface area (Å²) in [5.41, 5.74) is -9.13. The van der Waals surface area contributed by atoms with Crippen molar-refractivity contribution >= 4 is 0 Å². The van der Waals surface area contributed by atoms with Crippen LogP contribution in [-0.4, -0.2) is 51.9 Å². The zero-order valence-corrected chi connectivity index (χ0v) is 17.6. The molecule has 0 radical (unpaired) electrons. The van der Waals surface area contributed by atoms with Crippen LogP contribution in [0.3, 0.4) is 0 Å². The van der Waals surface area contributed by atoms with E-state index in [4.69, 9.17) is 0 Å². The second-order valence-corrected chi connectivity index (χ2v) is 7.70. The summed E-state index contributed by atoms with van der Waals surface area (Å²) >= 11 is 0. The fourth-order valence-corrected chi connectivity index (χ4v) is 3.09. The van der Waals surface area contributed by atoms with Crippen LogP contribution in [0.5, 0.6) is 11.5 Å². The van der Waals surface area contributed by atoms with E-state index in [1.807, 2.05) is 0 Å². The minimum Gasteiger partial charge on any atom is -0.508 e. The highest BCUT2D eigenvalue weighted by atomic mass is 19.4. The number of hydrogen-bond acceptors (Lipinski definition) is 2. The van der Waals surface area contributed by atoms with Crippen molar-refractivity contribution in [1.29, 1.82) is 0 Å². The van der Waals surface area contributed by atoms with Gasteiger partial charge in [0.1, 0.15) is 11.5 Å². The first-order chi connectivity index (χ1) is 16.7. The van der Waals surface area contributed by atoms with E-state index < -0.39 is 70.0 Å². The van der Waals surface area contributed by atoms with Gasteiger partial charge in [-0.2, -0.15) is 65.9 Å². The fourth-order valence-electron chi connectivity index (χ4n) is 3.09. The molecule has 0 unspecified atom stereocenters. The molecule has 2 rings (SSSR count). The van der Waals surface area contributed by atoms with Gasteiger partial charge < -0.3 is 10.2 Å². The number of phenolic OH excluding ortho intramolecular Hbond substituents is 2. The quantitative estimate of drug-likeness (QED) is 0.312. The van der Waals surface area contributed by atoms with Gasteiger partial charge in [0.2, 0.25) is 5.67 Å². The van der Waals surface area contributed by atoms with E-state index in [0.29, 0.717) is 24.3 Å². The molecule has 2 nitrogen and oxygen atoms in total. The lowest BCUT2D eigenvalue weighted by Crippen LogP contribution is -2.74. The number of rotatable bonds is 8. The predicted octanol–water partition coefficient (Wildman–Crippen LogP) is 7.69. The molecule has 0 bridgehead atoms. The van der Waals surface area contributed by atoms with Crippen LogP contribution in [0.15, 0.2) is 48.5 Å².